The molecule has 0 saturated carbocycles. The zero-order valence-corrected chi connectivity index (χ0v) is 20.6. The molecule has 4 aromatic rings. The van der Waals surface area contributed by atoms with E-state index < -0.39 is 11.2 Å². The molecule has 1 aromatic carbocycles. The highest BCUT2D eigenvalue weighted by atomic mass is 32.2. The minimum atomic E-state index is -0.460. The van der Waals surface area contributed by atoms with Crippen LogP contribution in [-0.2, 0) is 13.6 Å². The number of benzene rings is 1. The van der Waals surface area contributed by atoms with Crippen LogP contribution in [0.2, 0.25) is 0 Å². The SMILES string of the molecule is CCN1CCN(c2nc3c(c(=O)[nH]c(=O)n3C)n2CCCSc2nnnn2-c2ccccc2)CC1. The van der Waals surface area contributed by atoms with E-state index >= 15 is 0 Å². The molecule has 0 bridgehead atoms. The molecule has 0 atom stereocenters. The summed E-state index contributed by atoms with van der Waals surface area (Å²) < 4.78 is 5.08. The third kappa shape index (κ3) is 4.60. The monoisotopic (exact) mass is 496 g/mol. The van der Waals surface area contributed by atoms with Crippen molar-refractivity contribution >= 4 is 28.9 Å². The van der Waals surface area contributed by atoms with Gasteiger partial charge in [-0.2, -0.15) is 9.67 Å². The van der Waals surface area contributed by atoms with Crippen molar-refractivity contribution in [1.82, 2.24) is 44.2 Å². The number of likely N-dealkylation sites (N-methyl/N-ethyl adjacent to an activating group) is 1. The van der Waals surface area contributed by atoms with Gasteiger partial charge in [-0.25, -0.2) is 4.79 Å². The second kappa shape index (κ2) is 10.0. The fourth-order valence-electron chi connectivity index (χ4n) is 4.33. The molecular weight excluding hydrogens is 468 g/mol. The van der Waals surface area contributed by atoms with Gasteiger partial charge in [0.15, 0.2) is 11.2 Å². The smallest absolute Gasteiger partial charge is 0.329 e. The summed E-state index contributed by atoms with van der Waals surface area (Å²) in [6, 6.07) is 9.76. The van der Waals surface area contributed by atoms with Crippen LogP contribution < -0.4 is 16.1 Å². The van der Waals surface area contributed by atoms with E-state index in [2.05, 4.69) is 37.2 Å². The average Bonchev–Trinajstić information content (AvgIpc) is 3.51. The predicted octanol–water partition coefficient (Wildman–Crippen LogP) is 0.723. The minimum absolute atomic E-state index is 0.408. The molecule has 0 spiro atoms. The quantitative estimate of drug-likeness (QED) is 0.278. The summed E-state index contributed by atoms with van der Waals surface area (Å²) in [6.07, 6.45) is 0.766. The van der Waals surface area contributed by atoms with Crippen LogP contribution in [0.3, 0.4) is 0 Å². The van der Waals surface area contributed by atoms with Gasteiger partial charge in [-0.15, -0.1) is 5.10 Å². The lowest BCUT2D eigenvalue weighted by atomic mass is 10.3. The number of hydrogen-bond donors (Lipinski definition) is 1. The first kappa shape index (κ1) is 23.3. The molecule has 3 aromatic heterocycles. The molecule has 1 N–H and O–H groups in total. The van der Waals surface area contributed by atoms with Crippen LogP contribution in [0, 0.1) is 0 Å². The maximum absolute atomic E-state index is 12.8. The van der Waals surface area contributed by atoms with Crippen LogP contribution in [0.15, 0.2) is 45.1 Å². The number of anilines is 1. The summed E-state index contributed by atoms with van der Waals surface area (Å²) in [7, 11) is 1.63. The van der Waals surface area contributed by atoms with Gasteiger partial charge in [0.1, 0.15) is 0 Å². The first-order valence-electron chi connectivity index (χ1n) is 11.7. The van der Waals surface area contributed by atoms with E-state index in [9.17, 15) is 9.59 Å². The van der Waals surface area contributed by atoms with Crippen LogP contribution in [0.25, 0.3) is 16.9 Å². The number of rotatable bonds is 8. The number of aromatic amines is 1. The van der Waals surface area contributed by atoms with E-state index in [1.807, 2.05) is 34.9 Å². The summed E-state index contributed by atoms with van der Waals surface area (Å²) in [5.74, 6) is 1.49. The predicted molar refractivity (Wildman–Crippen MR) is 134 cm³/mol. The van der Waals surface area contributed by atoms with Gasteiger partial charge < -0.3 is 14.4 Å². The molecule has 0 amide bonds. The number of H-pyrrole nitrogens is 1. The van der Waals surface area contributed by atoms with Gasteiger partial charge in [-0.1, -0.05) is 36.9 Å². The molecule has 12 nitrogen and oxygen atoms in total. The Kier molecular flexibility index (Phi) is 6.68. The zero-order valence-electron chi connectivity index (χ0n) is 19.8. The Morgan fingerprint density at radius 3 is 2.60 bits per heavy atom. The summed E-state index contributed by atoms with van der Waals surface area (Å²) in [4.78, 5) is 36.8. The van der Waals surface area contributed by atoms with E-state index in [4.69, 9.17) is 4.98 Å². The van der Waals surface area contributed by atoms with Crippen molar-refractivity contribution in [2.45, 2.75) is 25.0 Å². The second-order valence-corrected chi connectivity index (χ2v) is 9.45. The number of fused-ring (bicyclic) bond motifs is 1. The van der Waals surface area contributed by atoms with Crippen LogP contribution in [0.5, 0.6) is 0 Å². The number of para-hydroxylation sites is 1. The van der Waals surface area contributed by atoms with Gasteiger partial charge in [-0.3, -0.25) is 14.3 Å². The van der Waals surface area contributed by atoms with Gasteiger partial charge in [0.25, 0.3) is 5.56 Å². The molecule has 0 radical (unpaired) electrons. The van der Waals surface area contributed by atoms with Crippen molar-refractivity contribution in [3.8, 4) is 5.69 Å². The molecular formula is C22H28N10O2S. The third-order valence-electron chi connectivity index (χ3n) is 6.29. The van der Waals surface area contributed by atoms with Crippen molar-refractivity contribution in [3.05, 3.63) is 51.2 Å². The summed E-state index contributed by atoms with van der Waals surface area (Å²) in [6.45, 7) is 7.28. The molecule has 184 valence electrons. The van der Waals surface area contributed by atoms with Crippen LogP contribution in [0.4, 0.5) is 5.95 Å². The van der Waals surface area contributed by atoms with Crippen LogP contribution in [-0.4, -0.2) is 82.7 Å². The van der Waals surface area contributed by atoms with E-state index in [-0.39, 0.29) is 0 Å². The molecule has 0 unspecified atom stereocenters. The Hall–Kier alpha value is -3.45. The van der Waals surface area contributed by atoms with E-state index in [1.165, 1.54) is 4.57 Å². The number of imidazole rings is 1. The maximum atomic E-state index is 12.8. The Morgan fingerprint density at radius 1 is 1.09 bits per heavy atom. The number of nitrogens with zero attached hydrogens (tertiary/aromatic N) is 9. The fraction of sp³-hybridized carbons (Fsp3) is 0.455. The number of tetrazole rings is 1. The topological polar surface area (TPSA) is 123 Å². The Morgan fingerprint density at radius 2 is 1.86 bits per heavy atom. The summed E-state index contributed by atoms with van der Waals surface area (Å²) >= 11 is 1.56. The van der Waals surface area contributed by atoms with Gasteiger partial charge in [0, 0.05) is 45.5 Å². The number of thioether (sulfide) groups is 1. The number of nitrogens with one attached hydrogen (secondary N) is 1. The standard InChI is InChI=1S/C22H28N10O2S/c1-3-29-11-13-30(14-12-29)20-23-18-17(19(33)24-21(34)28(18)2)31(20)10-7-15-35-22-25-26-27-32(22)16-8-5-4-6-9-16/h4-6,8-9H,3,7,10-15H2,1-2H3,(H,24,33,34). The normalized spacial score (nSPS) is 14.7. The van der Waals surface area contributed by atoms with E-state index in [0.29, 0.717) is 22.9 Å². The largest absolute Gasteiger partial charge is 0.340 e. The lowest BCUT2D eigenvalue weighted by Gasteiger charge is -2.34. The lowest BCUT2D eigenvalue weighted by Crippen LogP contribution is -2.47. The Bertz CT molecular complexity index is 1420. The Balaban J connectivity index is 1.37. The van der Waals surface area contributed by atoms with E-state index in [1.54, 1.807) is 23.5 Å². The third-order valence-corrected chi connectivity index (χ3v) is 7.29. The number of piperazine rings is 1. The minimum Gasteiger partial charge on any atom is -0.340 e. The molecule has 1 fully saturated rings. The molecule has 4 heterocycles. The molecule has 1 saturated heterocycles. The molecule has 35 heavy (non-hydrogen) atoms. The highest BCUT2D eigenvalue weighted by Crippen LogP contribution is 2.23. The maximum Gasteiger partial charge on any atom is 0.329 e. The number of hydrogen-bond acceptors (Lipinski definition) is 9. The molecule has 5 rings (SSSR count). The van der Waals surface area contributed by atoms with Crippen molar-refractivity contribution < 1.29 is 0 Å². The van der Waals surface area contributed by atoms with Gasteiger partial charge in [0.2, 0.25) is 11.1 Å². The van der Waals surface area contributed by atoms with Gasteiger partial charge in [-0.05, 0) is 35.5 Å². The molecule has 1 aliphatic heterocycles. The number of aromatic nitrogens is 8. The highest BCUT2D eigenvalue weighted by Gasteiger charge is 2.24. The van der Waals surface area contributed by atoms with Crippen LogP contribution in [0.1, 0.15) is 13.3 Å². The molecule has 0 aliphatic carbocycles. The second-order valence-electron chi connectivity index (χ2n) is 8.39. The number of aryl methyl sites for hydroxylation is 2. The average molecular weight is 497 g/mol. The lowest BCUT2D eigenvalue weighted by molar-refractivity contribution is 0.269. The van der Waals surface area contributed by atoms with Gasteiger partial charge in [0.05, 0.1) is 5.69 Å². The molecule has 13 heteroatoms. The van der Waals surface area contributed by atoms with Crippen molar-refractivity contribution in [2.75, 3.05) is 43.4 Å². The Labute approximate surface area is 205 Å². The van der Waals surface area contributed by atoms with Crippen molar-refractivity contribution in [2.24, 2.45) is 7.05 Å². The summed E-state index contributed by atoms with van der Waals surface area (Å²) in [5.41, 5.74) is 0.876. The van der Waals surface area contributed by atoms with Gasteiger partial charge >= 0.3 is 5.69 Å². The van der Waals surface area contributed by atoms with Crippen molar-refractivity contribution in [1.29, 1.82) is 0 Å². The first-order valence-corrected chi connectivity index (χ1v) is 12.7. The fourth-order valence-corrected chi connectivity index (χ4v) is 5.14. The molecule has 1 aliphatic rings. The van der Waals surface area contributed by atoms with Crippen LogP contribution >= 0.6 is 11.8 Å². The summed E-state index contributed by atoms with van der Waals surface area (Å²) in [5, 5.41) is 12.8. The zero-order chi connectivity index (χ0) is 24.4. The van der Waals surface area contributed by atoms with Crippen molar-refractivity contribution in [3.63, 3.8) is 0 Å². The highest BCUT2D eigenvalue weighted by molar-refractivity contribution is 7.99. The van der Waals surface area contributed by atoms with E-state index in [0.717, 1.165) is 56.5 Å². The first-order chi connectivity index (χ1) is 17.1.